The van der Waals surface area contributed by atoms with Crippen LogP contribution in [0.1, 0.15) is 12.8 Å². The van der Waals surface area contributed by atoms with Gasteiger partial charge in [-0.2, -0.15) is 0 Å². The number of nitrogens with zero attached hydrogens (tertiary/aromatic N) is 3. The maximum absolute atomic E-state index is 12.7. The minimum atomic E-state index is -0.522. The molecule has 1 fully saturated rings. The first-order valence-electron chi connectivity index (χ1n) is 9.38. The van der Waals surface area contributed by atoms with Crippen molar-refractivity contribution in [1.29, 1.82) is 0 Å². The molecule has 2 aromatic carbocycles. The molecule has 0 radical (unpaired) electrons. The van der Waals surface area contributed by atoms with E-state index in [4.69, 9.17) is 4.74 Å². The molecule has 4 rings (SSSR count). The Kier molecular flexibility index (Phi) is 5.81. The summed E-state index contributed by atoms with van der Waals surface area (Å²) in [4.78, 5) is 26.9. The van der Waals surface area contributed by atoms with Crippen LogP contribution in [-0.2, 0) is 9.59 Å². The van der Waals surface area contributed by atoms with Gasteiger partial charge in [-0.05, 0) is 25.0 Å². The SMILES string of the molecule is O=C(Nc1nnc(-c2ccccc2)s1)C1CCCN1C(=O)COc1ccccc1. The van der Waals surface area contributed by atoms with Gasteiger partial charge in [-0.1, -0.05) is 59.9 Å². The molecule has 3 aromatic rings. The lowest BCUT2D eigenvalue weighted by atomic mass is 10.2. The maximum atomic E-state index is 12.7. The Labute approximate surface area is 172 Å². The predicted molar refractivity (Wildman–Crippen MR) is 111 cm³/mol. The van der Waals surface area contributed by atoms with E-state index in [1.54, 1.807) is 17.0 Å². The number of anilines is 1. The molecule has 2 amide bonds. The highest BCUT2D eigenvalue weighted by Gasteiger charge is 2.34. The topological polar surface area (TPSA) is 84.4 Å². The lowest BCUT2D eigenvalue weighted by Gasteiger charge is -2.23. The Morgan fingerprint density at radius 3 is 2.55 bits per heavy atom. The van der Waals surface area contributed by atoms with Gasteiger partial charge < -0.3 is 9.64 Å². The number of para-hydroxylation sites is 1. The van der Waals surface area contributed by atoms with Gasteiger partial charge in [0, 0.05) is 12.1 Å². The Bertz CT molecular complexity index is 978. The van der Waals surface area contributed by atoms with E-state index >= 15 is 0 Å². The average Bonchev–Trinajstić information content (AvgIpc) is 3.43. The van der Waals surface area contributed by atoms with E-state index in [1.807, 2.05) is 48.5 Å². The van der Waals surface area contributed by atoms with Crippen LogP contribution in [0.5, 0.6) is 5.75 Å². The van der Waals surface area contributed by atoms with Crippen LogP contribution in [0.15, 0.2) is 60.7 Å². The van der Waals surface area contributed by atoms with E-state index in [0.29, 0.717) is 23.8 Å². The minimum Gasteiger partial charge on any atom is -0.484 e. The molecule has 148 valence electrons. The van der Waals surface area contributed by atoms with Gasteiger partial charge >= 0.3 is 0 Å². The first-order valence-corrected chi connectivity index (χ1v) is 10.2. The molecular weight excluding hydrogens is 388 g/mol. The molecule has 1 aliphatic rings. The summed E-state index contributed by atoms with van der Waals surface area (Å²) >= 11 is 1.31. The normalized spacial score (nSPS) is 15.9. The van der Waals surface area contributed by atoms with Gasteiger partial charge in [-0.25, -0.2) is 0 Å². The van der Waals surface area contributed by atoms with E-state index in [2.05, 4.69) is 15.5 Å². The smallest absolute Gasteiger partial charge is 0.261 e. The number of hydrogen-bond donors (Lipinski definition) is 1. The van der Waals surface area contributed by atoms with Crippen molar-refractivity contribution >= 4 is 28.3 Å². The Balaban J connectivity index is 1.36. The molecular formula is C21H20N4O3S. The van der Waals surface area contributed by atoms with Crippen molar-refractivity contribution in [3.8, 4) is 16.3 Å². The summed E-state index contributed by atoms with van der Waals surface area (Å²) in [6.07, 6.45) is 1.40. The molecule has 0 aliphatic carbocycles. The molecule has 1 aromatic heterocycles. The van der Waals surface area contributed by atoms with Gasteiger partial charge in [0.05, 0.1) is 0 Å². The van der Waals surface area contributed by atoms with Crippen LogP contribution in [0.3, 0.4) is 0 Å². The predicted octanol–water partition coefficient (Wildman–Crippen LogP) is 3.21. The molecule has 1 saturated heterocycles. The van der Waals surface area contributed by atoms with Crippen molar-refractivity contribution in [2.24, 2.45) is 0 Å². The zero-order chi connectivity index (χ0) is 20.1. The molecule has 8 heteroatoms. The number of aromatic nitrogens is 2. The number of ether oxygens (including phenoxy) is 1. The molecule has 2 heterocycles. The second-order valence-electron chi connectivity index (χ2n) is 6.61. The summed E-state index contributed by atoms with van der Waals surface area (Å²) < 4.78 is 5.54. The lowest BCUT2D eigenvalue weighted by molar-refractivity contribution is -0.138. The van der Waals surface area contributed by atoms with Crippen LogP contribution in [0.2, 0.25) is 0 Å². The van der Waals surface area contributed by atoms with Crippen molar-refractivity contribution in [2.75, 3.05) is 18.5 Å². The monoisotopic (exact) mass is 408 g/mol. The van der Waals surface area contributed by atoms with Crippen molar-refractivity contribution in [2.45, 2.75) is 18.9 Å². The summed E-state index contributed by atoms with van der Waals surface area (Å²) in [5.74, 6) is 0.184. The molecule has 1 unspecified atom stereocenters. The van der Waals surface area contributed by atoms with Gasteiger partial charge in [0.2, 0.25) is 11.0 Å². The molecule has 0 spiro atoms. The van der Waals surface area contributed by atoms with E-state index < -0.39 is 6.04 Å². The lowest BCUT2D eigenvalue weighted by Crippen LogP contribution is -2.45. The van der Waals surface area contributed by atoms with Gasteiger partial charge in [0.25, 0.3) is 5.91 Å². The van der Waals surface area contributed by atoms with Crippen molar-refractivity contribution in [3.05, 3.63) is 60.7 Å². The second kappa shape index (κ2) is 8.83. The zero-order valence-corrected chi connectivity index (χ0v) is 16.5. The van der Waals surface area contributed by atoms with Crippen molar-refractivity contribution in [3.63, 3.8) is 0 Å². The van der Waals surface area contributed by atoms with Crippen LogP contribution in [0, 0.1) is 0 Å². The summed E-state index contributed by atoms with van der Waals surface area (Å²) in [6, 6.07) is 18.3. The molecule has 1 aliphatic heterocycles. The highest BCUT2D eigenvalue weighted by Crippen LogP contribution is 2.27. The molecule has 0 saturated carbocycles. The number of hydrogen-bond acceptors (Lipinski definition) is 6. The summed E-state index contributed by atoms with van der Waals surface area (Å²) in [6.45, 7) is 0.450. The molecule has 7 nitrogen and oxygen atoms in total. The highest BCUT2D eigenvalue weighted by atomic mass is 32.1. The van der Waals surface area contributed by atoms with Gasteiger partial charge in [-0.15, -0.1) is 10.2 Å². The third-order valence-corrected chi connectivity index (χ3v) is 5.54. The summed E-state index contributed by atoms with van der Waals surface area (Å²) in [7, 11) is 0. The zero-order valence-electron chi connectivity index (χ0n) is 15.7. The maximum Gasteiger partial charge on any atom is 0.261 e. The van der Waals surface area contributed by atoms with Crippen LogP contribution in [0.4, 0.5) is 5.13 Å². The third-order valence-electron chi connectivity index (χ3n) is 4.66. The van der Waals surface area contributed by atoms with E-state index in [-0.39, 0.29) is 18.4 Å². The summed E-state index contributed by atoms with van der Waals surface area (Å²) in [5.41, 5.74) is 0.946. The Morgan fingerprint density at radius 2 is 1.79 bits per heavy atom. The van der Waals surface area contributed by atoms with Crippen LogP contribution in [0.25, 0.3) is 10.6 Å². The molecule has 0 bridgehead atoms. The van der Waals surface area contributed by atoms with Gasteiger partial charge in [0.15, 0.2) is 6.61 Å². The Hall–Kier alpha value is -3.26. The highest BCUT2D eigenvalue weighted by molar-refractivity contribution is 7.18. The number of nitrogens with one attached hydrogen (secondary N) is 1. The number of amides is 2. The van der Waals surface area contributed by atoms with E-state index in [9.17, 15) is 9.59 Å². The first-order chi connectivity index (χ1) is 14.2. The van der Waals surface area contributed by atoms with E-state index in [1.165, 1.54) is 11.3 Å². The third kappa shape index (κ3) is 4.60. The number of carbonyl (C=O) groups is 2. The fourth-order valence-corrected chi connectivity index (χ4v) is 3.99. The van der Waals surface area contributed by atoms with E-state index in [0.717, 1.165) is 17.0 Å². The van der Waals surface area contributed by atoms with Crippen molar-refractivity contribution in [1.82, 2.24) is 15.1 Å². The standard InChI is InChI=1S/C21H20N4O3S/c26-18(14-28-16-10-5-2-6-11-16)25-13-7-12-17(25)19(27)22-21-24-23-20(29-21)15-8-3-1-4-9-15/h1-6,8-11,17H,7,12-14H2,(H,22,24,27). The van der Waals surface area contributed by atoms with Crippen LogP contribution in [-0.4, -0.2) is 46.1 Å². The summed E-state index contributed by atoms with van der Waals surface area (Å²) in [5, 5.41) is 12.2. The largest absolute Gasteiger partial charge is 0.484 e. The van der Waals surface area contributed by atoms with Crippen LogP contribution >= 0.6 is 11.3 Å². The number of rotatable bonds is 6. The van der Waals surface area contributed by atoms with Gasteiger partial charge in [-0.3, -0.25) is 14.9 Å². The Morgan fingerprint density at radius 1 is 1.07 bits per heavy atom. The second-order valence-corrected chi connectivity index (χ2v) is 7.59. The van der Waals surface area contributed by atoms with Crippen LogP contribution < -0.4 is 10.1 Å². The van der Waals surface area contributed by atoms with Crippen molar-refractivity contribution < 1.29 is 14.3 Å². The number of likely N-dealkylation sites (tertiary alicyclic amines) is 1. The number of benzene rings is 2. The fourth-order valence-electron chi connectivity index (χ4n) is 3.24. The fraction of sp³-hybridized carbons (Fsp3) is 0.238. The average molecular weight is 408 g/mol. The number of carbonyl (C=O) groups excluding carboxylic acids is 2. The first kappa shape index (κ1) is 19.1. The van der Waals surface area contributed by atoms with Gasteiger partial charge in [0.1, 0.15) is 16.8 Å². The molecule has 29 heavy (non-hydrogen) atoms. The molecule has 1 N–H and O–H groups in total. The minimum absolute atomic E-state index is 0.0925. The molecule has 1 atom stereocenters. The quantitative estimate of drug-likeness (QED) is 0.677.